The smallest absolute Gasteiger partial charge is 0.228 e. The number of rotatable bonds is 1. The normalized spacial score (nSPS) is 31.9. The lowest BCUT2D eigenvalue weighted by atomic mass is 9.72. The number of hydrogen-bond donors (Lipinski definition) is 1. The van der Waals surface area contributed by atoms with E-state index in [1.807, 2.05) is 12.1 Å². The highest BCUT2D eigenvalue weighted by Gasteiger charge is 2.44. The molecule has 1 aromatic rings. The van der Waals surface area contributed by atoms with Crippen LogP contribution in [0.2, 0.25) is 0 Å². The maximum atomic E-state index is 11.9. The van der Waals surface area contributed by atoms with E-state index in [0.717, 1.165) is 32.5 Å². The maximum Gasteiger partial charge on any atom is 0.228 e. The Morgan fingerprint density at radius 1 is 1.25 bits per heavy atom. The van der Waals surface area contributed by atoms with Crippen LogP contribution >= 0.6 is 0 Å². The van der Waals surface area contributed by atoms with Gasteiger partial charge >= 0.3 is 0 Å². The lowest BCUT2D eigenvalue weighted by molar-refractivity contribution is -0.125. The summed E-state index contributed by atoms with van der Waals surface area (Å²) in [5, 5.41) is 0. The molecule has 16 heavy (non-hydrogen) atoms. The van der Waals surface area contributed by atoms with Crippen LogP contribution in [-0.2, 0) is 16.8 Å². The average Bonchev–Trinajstić information content (AvgIpc) is 2.56. The second-order valence-corrected chi connectivity index (χ2v) is 4.88. The summed E-state index contributed by atoms with van der Waals surface area (Å²) in [7, 11) is 0. The first kappa shape index (κ1) is 9.85. The molecule has 1 amide bonds. The van der Waals surface area contributed by atoms with Crippen molar-refractivity contribution in [1.82, 2.24) is 4.90 Å². The van der Waals surface area contributed by atoms with E-state index in [0.29, 0.717) is 0 Å². The summed E-state index contributed by atoms with van der Waals surface area (Å²) in [6.07, 6.45) is 1.75. The zero-order valence-electron chi connectivity index (χ0n) is 9.28. The molecule has 0 unspecified atom stereocenters. The highest BCUT2D eigenvalue weighted by Crippen LogP contribution is 2.40. The molecular formula is C13H16N2O. The van der Waals surface area contributed by atoms with Crippen LogP contribution in [0.3, 0.4) is 0 Å². The first-order valence-electron chi connectivity index (χ1n) is 5.83. The van der Waals surface area contributed by atoms with Crippen LogP contribution in [0.5, 0.6) is 0 Å². The molecule has 3 aliphatic heterocycles. The van der Waals surface area contributed by atoms with Gasteiger partial charge in [-0.25, -0.2) is 0 Å². The van der Waals surface area contributed by atoms with Gasteiger partial charge in [-0.2, -0.15) is 0 Å². The first-order valence-corrected chi connectivity index (χ1v) is 5.83. The number of nitrogens with two attached hydrogens (primary N) is 1. The van der Waals surface area contributed by atoms with Gasteiger partial charge in [0.2, 0.25) is 5.91 Å². The van der Waals surface area contributed by atoms with Crippen LogP contribution in [0.15, 0.2) is 24.3 Å². The van der Waals surface area contributed by atoms with Crippen molar-refractivity contribution >= 4 is 5.91 Å². The van der Waals surface area contributed by atoms with Crippen molar-refractivity contribution in [1.29, 1.82) is 0 Å². The number of hydrogen-bond acceptors (Lipinski definition) is 2. The fraction of sp³-hybridized carbons (Fsp3) is 0.462. The van der Waals surface area contributed by atoms with E-state index in [9.17, 15) is 4.79 Å². The minimum atomic E-state index is -0.399. The molecule has 1 fully saturated rings. The van der Waals surface area contributed by atoms with E-state index in [1.165, 1.54) is 11.1 Å². The Morgan fingerprint density at radius 3 is 2.62 bits per heavy atom. The molecule has 3 heterocycles. The molecule has 3 heteroatoms. The zero-order chi connectivity index (χ0) is 11.2. The quantitative estimate of drug-likeness (QED) is 0.761. The molecule has 0 atom stereocenters. The molecule has 0 aromatic heterocycles. The van der Waals surface area contributed by atoms with E-state index in [1.54, 1.807) is 0 Å². The Labute approximate surface area is 95.2 Å². The summed E-state index contributed by atoms with van der Waals surface area (Å²) in [6.45, 7) is 2.93. The molecule has 4 rings (SSSR count). The highest BCUT2D eigenvalue weighted by molar-refractivity contribution is 5.87. The predicted molar refractivity (Wildman–Crippen MR) is 61.8 cm³/mol. The number of benzene rings is 1. The van der Waals surface area contributed by atoms with Crippen LogP contribution in [0, 0.1) is 0 Å². The molecule has 3 aliphatic rings. The van der Waals surface area contributed by atoms with E-state index in [2.05, 4.69) is 17.0 Å². The van der Waals surface area contributed by atoms with Crippen molar-refractivity contribution in [2.45, 2.75) is 24.8 Å². The third-order valence-electron chi connectivity index (χ3n) is 4.11. The number of nitrogens with zero attached hydrogens (tertiary/aromatic N) is 1. The van der Waals surface area contributed by atoms with Crippen molar-refractivity contribution in [3.05, 3.63) is 35.4 Å². The Hall–Kier alpha value is -1.35. The summed E-state index contributed by atoms with van der Waals surface area (Å²) >= 11 is 0. The molecule has 3 nitrogen and oxygen atoms in total. The summed E-state index contributed by atoms with van der Waals surface area (Å²) in [5.41, 5.74) is 7.71. The van der Waals surface area contributed by atoms with Gasteiger partial charge in [0.05, 0.1) is 5.41 Å². The summed E-state index contributed by atoms with van der Waals surface area (Å²) < 4.78 is 0. The number of amides is 1. The van der Waals surface area contributed by atoms with Gasteiger partial charge in [-0.3, -0.25) is 9.69 Å². The van der Waals surface area contributed by atoms with Gasteiger partial charge in [0.1, 0.15) is 0 Å². The molecule has 1 saturated heterocycles. The monoisotopic (exact) mass is 216 g/mol. The molecule has 84 valence electrons. The van der Waals surface area contributed by atoms with Crippen LogP contribution in [0.1, 0.15) is 24.0 Å². The number of carbonyl (C=O) groups is 1. The highest BCUT2D eigenvalue weighted by atomic mass is 16.1. The lowest BCUT2D eigenvalue weighted by Gasteiger charge is -2.36. The molecule has 0 saturated carbocycles. The molecule has 2 N–H and O–H groups in total. The van der Waals surface area contributed by atoms with Crippen LogP contribution < -0.4 is 5.73 Å². The minimum absolute atomic E-state index is 0.151. The largest absolute Gasteiger partial charge is 0.369 e. The van der Waals surface area contributed by atoms with E-state index < -0.39 is 5.41 Å². The van der Waals surface area contributed by atoms with Gasteiger partial charge in [-0.05, 0) is 37.1 Å². The zero-order valence-corrected chi connectivity index (χ0v) is 9.28. The standard InChI is InChI=1S/C13H16N2O/c14-12(16)13-5-7-15(8-6-13)9-10-3-1-2-4-11(10)13/h1-4H,5-9H2,(H2,14,16). The Kier molecular flexibility index (Phi) is 2.04. The van der Waals surface area contributed by atoms with E-state index >= 15 is 0 Å². The number of fused-ring (bicyclic) bond motifs is 2. The molecule has 0 aliphatic carbocycles. The average molecular weight is 216 g/mol. The Balaban J connectivity index is 2.21. The second kappa shape index (κ2) is 3.32. The van der Waals surface area contributed by atoms with Gasteiger partial charge in [-0.15, -0.1) is 0 Å². The van der Waals surface area contributed by atoms with Gasteiger partial charge in [0.15, 0.2) is 0 Å². The van der Waals surface area contributed by atoms with Crippen LogP contribution in [0.25, 0.3) is 0 Å². The van der Waals surface area contributed by atoms with Crippen LogP contribution in [0.4, 0.5) is 0 Å². The fourth-order valence-electron chi connectivity index (χ4n) is 3.11. The maximum absolute atomic E-state index is 11.9. The topological polar surface area (TPSA) is 46.3 Å². The van der Waals surface area contributed by atoms with Crippen molar-refractivity contribution in [2.24, 2.45) is 5.73 Å². The van der Waals surface area contributed by atoms with Gasteiger partial charge < -0.3 is 5.73 Å². The summed E-state index contributed by atoms with van der Waals surface area (Å²) in [4.78, 5) is 14.3. The lowest BCUT2D eigenvalue weighted by Crippen LogP contribution is -2.47. The fourth-order valence-corrected chi connectivity index (χ4v) is 3.11. The van der Waals surface area contributed by atoms with Gasteiger partial charge in [0.25, 0.3) is 0 Å². The van der Waals surface area contributed by atoms with Crippen molar-refractivity contribution < 1.29 is 4.79 Å². The third kappa shape index (κ3) is 1.21. The second-order valence-electron chi connectivity index (χ2n) is 4.88. The first-order chi connectivity index (χ1) is 7.72. The van der Waals surface area contributed by atoms with E-state index in [4.69, 9.17) is 5.73 Å². The van der Waals surface area contributed by atoms with Crippen LogP contribution in [-0.4, -0.2) is 23.9 Å². The predicted octanol–water partition coefficient (Wildman–Crippen LogP) is 1.02. The Bertz CT molecular complexity index is 433. The third-order valence-corrected chi connectivity index (χ3v) is 4.11. The van der Waals surface area contributed by atoms with Crippen molar-refractivity contribution in [2.75, 3.05) is 13.1 Å². The van der Waals surface area contributed by atoms with Crippen molar-refractivity contribution in [3.8, 4) is 0 Å². The molecule has 1 aromatic carbocycles. The summed E-state index contributed by atoms with van der Waals surface area (Å²) in [6, 6.07) is 8.25. The number of piperidine rings is 1. The van der Waals surface area contributed by atoms with Crippen molar-refractivity contribution in [3.63, 3.8) is 0 Å². The number of primary amides is 1. The minimum Gasteiger partial charge on any atom is -0.369 e. The summed E-state index contributed by atoms with van der Waals surface area (Å²) in [5.74, 6) is -0.151. The van der Waals surface area contributed by atoms with Gasteiger partial charge in [0, 0.05) is 6.54 Å². The number of carbonyl (C=O) groups excluding carboxylic acids is 1. The van der Waals surface area contributed by atoms with Gasteiger partial charge in [-0.1, -0.05) is 24.3 Å². The van der Waals surface area contributed by atoms with E-state index in [-0.39, 0.29) is 5.91 Å². The molecule has 0 spiro atoms. The molecule has 2 bridgehead atoms. The Morgan fingerprint density at radius 2 is 1.94 bits per heavy atom. The SMILES string of the molecule is NC(=O)C12CCN(CC1)Cc1ccccc12. The molecular weight excluding hydrogens is 200 g/mol. The molecule has 0 radical (unpaired) electrons.